The number of rotatable bonds is 1. The number of anilines is 1. The normalized spacial score (nSPS) is 19.6. The third kappa shape index (κ3) is 2.52. The minimum absolute atomic E-state index is 0.137. The number of benzene rings is 1. The lowest BCUT2D eigenvalue weighted by molar-refractivity contribution is 0.139. The molecule has 0 N–H and O–H groups in total. The molecule has 1 saturated heterocycles. The molecule has 4 heteroatoms. The number of halogens is 1. The average Bonchev–Trinajstić information content (AvgIpc) is 2.32. The van der Waals surface area contributed by atoms with E-state index in [-0.39, 0.29) is 5.54 Å². The van der Waals surface area contributed by atoms with Crippen molar-refractivity contribution in [3.05, 3.63) is 28.2 Å². The molecule has 96 valence electrons. The summed E-state index contributed by atoms with van der Waals surface area (Å²) in [7, 11) is 2.16. The zero-order valence-corrected chi connectivity index (χ0v) is 12.7. The quantitative estimate of drug-likeness (QED) is 0.799. The highest BCUT2D eigenvalue weighted by molar-refractivity contribution is 9.10. The maximum atomic E-state index is 9.25. The van der Waals surface area contributed by atoms with Crippen molar-refractivity contribution in [2.24, 2.45) is 0 Å². The van der Waals surface area contributed by atoms with E-state index in [9.17, 15) is 5.26 Å². The first kappa shape index (κ1) is 13.4. The van der Waals surface area contributed by atoms with Crippen LogP contribution < -0.4 is 4.90 Å². The summed E-state index contributed by atoms with van der Waals surface area (Å²) in [5.74, 6) is 0. The summed E-state index contributed by atoms with van der Waals surface area (Å²) in [5.41, 5.74) is 1.92. The fourth-order valence-electron chi connectivity index (χ4n) is 2.32. The lowest BCUT2D eigenvalue weighted by Gasteiger charge is -2.46. The molecule has 18 heavy (non-hydrogen) atoms. The van der Waals surface area contributed by atoms with Crippen molar-refractivity contribution < 1.29 is 0 Å². The molecule has 0 atom stereocenters. The van der Waals surface area contributed by atoms with E-state index >= 15 is 0 Å². The number of hydrogen-bond acceptors (Lipinski definition) is 3. The maximum Gasteiger partial charge on any atom is 0.101 e. The first-order valence-electron chi connectivity index (χ1n) is 6.10. The molecule has 0 spiro atoms. The molecule has 0 bridgehead atoms. The first-order valence-corrected chi connectivity index (χ1v) is 6.89. The van der Waals surface area contributed by atoms with Crippen LogP contribution in [0.25, 0.3) is 0 Å². The topological polar surface area (TPSA) is 30.3 Å². The third-order valence-corrected chi connectivity index (χ3v) is 4.23. The summed E-state index contributed by atoms with van der Waals surface area (Å²) in [6.45, 7) is 7.41. The molecule has 1 heterocycles. The van der Waals surface area contributed by atoms with E-state index in [1.54, 1.807) is 0 Å². The number of nitrogens with zero attached hydrogens (tertiary/aromatic N) is 3. The predicted octanol–water partition coefficient (Wildman–Crippen LogP) is 2.85. The van der Waals surface area contributed by atoms with Crippen molar-refractivity contribution in [3.8, 4) is 6.07 Å². The Morgan fingerprint density at radius 1 is 1.33 bits per heavy atom. The van der Waals surface area contributed by atoms with Crippen molar-refractivity contribution >= 4 is 21.6 Å². The number of piperazine rings is 1. The molecule has 2 rings (SSSR count). The van der Waals surface area contributed by atoms with Gasteiger partial charge in [-0.15, -0.1) is 0 Å². The Balaban J connectivity index is 2.31. The van der Waals surface area contributed by atoms with Gasteiger partial charge in [-0.05, 0) is 39.1 Å². The van der Waals surface area contributed by atoms with Crippen LogP contribution in [0.15, 0.2) is 22.7 Å². The molecule has 0 aromatic heterocycles. The Kier molecular flexibility index (Phi) is 3.65. The minimum atomic E-state index is 0.137. The van der Waals surface area contributed by atoms with Crippen LogP contribution in [-0.2, 0) is 0 Å². The zero-order chi connectivity index (χ0) is 13.3. The van der Waals surface area contributed by atoms with Gasteiger partial charge in [0.25, 0.3) is 0 Å². The third-order valence-electron chi connectivity index (χ3n) is 3.74. The molecule has 0 aliphatic carbocycles. The van der Waals surface area contributed by atoms with Gasteiger partial charge in [0.05, 0.1) is 11.3 Å². The Bertz CT molecular complexity index is 490. The lowest BCUT2D eigenvalue weighted by Crippen LogP contribution is -2.57. The van der Waals surface area contributed by atoms with E-state index in [1.807, 2.05) is 18.2 Å². The van der Waals surface area contributed by atoms with Crippen LogP contribution in [0.4, 0.5) is 5.69 Å². The van der Waals surface area contributed by atoms with Gasteiger partial charge < -0.3 is 4.90 Å². The zero-order valence-electron chi connectivity index (χ0n) is 11.1. The van der Waals surface area contributed by atoms with Crippen LogP contribution in [0, 0.1) is 11.3 Å². The molecule has 0 saturated carbocycles. The van der Waals surface area contributed by atoms with Gasteiger partial charge in [0, 0.05) is 29.6 Å². The summed E-state index contributed by atoms with van der Waals surface area (Å²) < 4.78 is 0.955. The second kappa shape index (κ2) is 4.91. The summed E-state index contributed by atoms with van der Waals surface area (Å²) in [5, 5.41) is 9.25. The fourth-order valence-corrected chi connectivity index (χ4v) is 2.68. The molecule has 1 aromatic rings. The minimum Gasteiger partial charge on any atom is -0.367 e. The van der Waals surface area contributed by atoms with Crippen LogP contribution in [0.5, 0.6) is 0 Å². The van der Waals surface area contributed by atoms with E-state index in [1.165, 1.54) is 0 Å². The van der Waals surface area contributed by atoms with Gasteiger partial charge in [0.2, 0.25) is 0 Å². The smallest absolute Gasteiger partial charge is 0.101 e. The highest BCUT2D eigenvalue weighted by Gasteiger charge is 2.31. The molecule has 0 unspecified atom stereocenters. The molecule has 0 amide bonds. The van der Waals surface area contributed by atoms with Gasteiger partial charge in [-0.2, -0.15) is 5.26 Å². The number of nitriles is 1. The molecule has 3 nitrogen and oxygen atoms in total. The standard InChI is InChI=1S/C14H18BrN3/c1-14(2)10-18(7-6-17(14)3)13-5-4-12(15)8-11(13)9-16/h4-5,8H,6-7,10H2,1-3H3. The molecule has 1 aliphatic rings. The Hall–Kier alpha value is -1.05. The van der Waals surface area contributed by atoms with Gasteiger partial charge in [-0.3, -0.25) is 4.90 Å². The van der Waals surface area contributed by atoms with Crippen molar-refractivity contribution in [1.29, 1.82) is 5.26 Å². The van der Waals surface area contributed by atoms with E-state index in [2.05, 4.69) is 52.7 Å². The van der Waals surface area contributed by atoms with Crippen LogP contribution in [0.1, 0.15) is 19.4 Å². The molecule has 1 aromatic carbocycles. The number of hydrogen-bond donors (Lipinski definition) is 0. The average molecular weight is 308 g/mol. The Labute approximate surface area is 117 Å². The van der Waals surface area contributed by atoms with Gasteiger partial charge in [-0.1, -0.05) is 15.9 Å². The van der Waals surface area contributed by atoms with Crippen LogP contribution >= 0.6 is 15.9 Å². The molecule has 1 fully saturated rings. The Morgan fingerprint density at radius 3 is 2.67 bits per heavy atom. The summed E-state index contributed by atoms with van der Waals surface area (Å²) in [6, 6.07) is 8.21. The second-order valence-corrected chi connectivity index (χ2v) is 6.34. The van der Waals surface area contributed by atoms with E-state index in [0.717, 1.165) is 35.4 Å². The molecular weight excluding hydrogens is 290 g/mol. The maximum absolute atomic E-state index is 9.25. The first-order chi connectivity index (χ1) is 8.44. The summed E-state index contributed by atoms with van der Waals surface area (Å²) in [6.07, 6.45) is 0. The molecule has 1 aliphatic heterocycles. The monoisotopic (exact) mass is 307 g/mol. The van der Waals surface area contributed by atoms with Crippen LogP contribution in [0.2, 0.25) is 0 Å². The van der Waals surface area contributed by atoms with Crippen molar-refractivity contribution in [3.63, 3.8) is 0 Å². The number of likely N-dealkylation sites (N-methyl/N-ethyl adjacent to an activating group) is 1. The van der Waals surface area contributed by atoms with Crippen molar-refractivity contribution in [2.75, 3.05) is 31.6 Å². The van der Waals surface area contributed by atoms with Crippen molar-refractivity contribution in [2.45, 2.75) is 19.4 Å². The lowest BCUT2D eigenvalue weighted by atomic mass is 9.98. The molecular formula is C14H18BrN3. The highest BCUT2D eigenvalue weighted by Crippen LogP contribution is 2.28. The van der Waals surface area contributed by atoms with Crippen LogP contribution in [-0.4, -0.2) is 37.1 Å². The van der Waals surface area contributed by atoms with Gasteiger partial charge in [0.1, 0.15) is 6.07 Å². The Morgan fingerprint density at radius 2 is 2.06 bits per heavy atom. The van der Waals surface area contributed by atoms with Gasteiger partial charge in [0.15, 0.2) is 0 Å². The highest BCUT2D eigenvalue weighted by atomic mass is 79.9. The van der Waals surface area contributed by atoms with Gasteiger partial charge >= 0.3 is 0 Å². The second-order valence-electron chi connectivity index (χ2n) is 5.43. The predicted molar refractivity (Wildman–Crippen MR) is 77.8 cm³/mol. The molecule has 0 radical (unpaired) electrons. The van der Waals surface area contributed by atoms with E-state index < -0.39 is 0 Å². The summed E-state index contributed by atoms with van der Waals surface area (Å²) in [4.78, 5) is 4.68. The largest absolute Gasteiger partial charge is 0.367 e. The fraction of sp³-hybridized carbons (Fsp3) is 0.500. The SMILES string of the molecule is CN1CCN(c2ccc(Br)cc2C#N)CC1(C)C. The van der Waals surface area contributed by atoms with Crippen molar-refractivity contribution in [1.82, 2.24) is 4.90 Å². The van der Waals surface area contributed by atoms with E-state index in [4.69, 9.17) is 0 Å². The van der Waals surface area contributed by atoms with Gasteiger partial charge in [-0.25, -0.2) is 0 Å². The summed E-state index contributed by atoms with van der Waals surface area (Å²) >= 11 is 3.42. The van der Waals surface area contributed by atoms with E-state index in [0.29, 0.717) is 0 Å². The van der Waals surface area contributed by atoms with Crippen LogP contribution in [0.3, 0.4) is 0 Å².